The summed E-state index contributed by atoms with van der Waals surface area (Å²) >= 11 is 0. The number of amides is 1. The summed E-state index contributed by atoms with van der Waals surface area (Å²) in [6, 6.07) is 3.89. The van der Waals surface area contributed by atoms with Gasteiger partial charge in [0.2, 0.25) is 0 Å². The lowest BCUT2D eigenvalue weighted by molar-refractivity contribution is -0.222. The number of cyclic esters (lactones) is 2. The van der Waals surface area contributed by atoms with Crippen LogP contribution in [0.2, 0.25) is 0 Å². The lowest BCUT2D eigenvalue weighted by Gasteiger charge is -2.33. The van der Waals surface area contributed by atoms with Crippen molar-refractivity contribution in [3.05, 3.63) is 35.8 Å². The zero-order chi connectivity index (χ0) is 24.4. The predicted molar refractivity (Wildman–Crippen MR) is 116 cm³/mol. The van der Waals surface area contributed by atoms with E-state index in [4.69, 9.17) is 18.9 Å². The van der Waals surface area contributed by atoms with Crippen LogP contribution < -0.4 is 10.1 Å². The largest absolute Gasteiger partial charge is 0.488 e. The Morgan fingerprint density at radius 1 is 1.18 bits per heavy atom. The SMILES string of the molecule is CC(C)(C)OC(=O)N1CCC(Oc2ccc(F)cc2NC=C2C(=O)OC(C)(C)OC2=O)CC1. The molecule has 0 unspecified atom stereocenters. The van der Waals surface area contributed by atoms with Gasteiger partial charge in [-0.1, -0.05) is 0 Å². The number of nitrogens with one attached hydrogen (secondary N) is 1. The fraction of sp³-hybridized carbons (Fsp3) is 0.522. The number of esters is 2. The number of piperidine rings is 1. The predicted octanol–water partition coefficient (Wildman–Crippen LogP) is 3.74. The van der Waals surface area contributed by atoms with Gasteiger partial charge in [0.1, 0.15) is 23.3 Å². The molecule has 0 radical (unpaired) electrons. The molecule has 10 heteroatoms. The topological polar surface area (TPSA) is 103 Å². The van der Waals surface area contributed by atoms with Crippen LogP contribution in [0, 0.1) is 5.82 Å². The van der Waals surface area contributed by atoms with E-state index < -0.39 is 29.1 Å². The van der Waals surface area contributed by atoms with Gasteiger partial charge in [-0.2, -0.15) is 0 Å². The molecule has 0 aliphatic carbocycles. The highest BCUT2D eigenvalue weighted by Crippen LogP contribution is 2.30. The summed E-state index contributed by atoms with van der Waals surface area (Å²) in [7, 11) is 0. The fourth-order valence-corrected chi connectivity index (χ4v) is 3.31. The minimum Gasteiger partial charge on any atom is -0.488 e. The molecular formula is C23H29FN2O7. The second-order valence-corrected chi connectivity index (χ2v) is 9.31. The maximum absolute atomic E-state index is 13.9. The van der Waals surface area contributed by atoms with Crippen LogP contribution in [0.15, 0.2) is 30.0 Å². The van der Waals surface area contributed by atoms with E-state index in [1.165, 1.54) is 32.0 Å². The lowest BCUT2D eigenvalue weighted by Crippen LogP contribution is -2.44. The van der Waals surface area contributed by atoms with Crippen molar-refractivity contribution in [2.45, 2.75) is 65.0 Å². The molecular weight excluding hydrogens is 435 g/mol. The van der Waals surface area contributed by atoms with Gasteiger partial charge in [-0.25, -0.2) is 18.8 Å². The van der Waals surface area contributed by atoms with Crippen LogP contribution in [0.1, 0.15) is 47.5 Å². The molecule has 2 fully saturated rings. The quantitative estimate of drug-likeness (QED) is 0.408. The number of benzene rings is 1. The third-order valence-corrected chi connectivity index (χ3v) is 4.82. The summed E-state index contributed by atoms with van der Waals surface area (Å²) in [5.41, 5.74) is -0.696. The molecule has 0 saturated carbocycles. The minimum absolute atomic E-state index is 0.215. The van der Waals surface area contributed by atoms with E-state index in [2.05, 4.69) is 5.32 Å². The molecule has 2 heterocycles. The van der Waals surface area contributed by atoms with E-state index in [1.54, 1.807) is 4.90 Å². The van der Waals surface area contributed by atoms with Gasteiger partial charge < -0.3 is 29.2 Å². The second kappa shape index (κ2) is 9.29. The average molecular weight is 464 g/mol. The molecule has 0 spiro atoms. The van der Waals surface area contributed by atoms with Gasteiger partial charge in [0, 0.05) is 52.0 Å². The van der Waals surface area contributed by atoms with Crippen molar-refractivity contribution in [3.63, 3.8) is 0 Å². The normalized spacial score (nSPS) is 18.8. The van der Waals surface area contributed by atoms with Crippen molar-refractivity contribution in [2.75, 3.05) is 18.4 Å². The highest BCUT2D eigenvalue weighted by Gasteiger charge is 2.39. The maximum atomic E-state index is 13.9. The lowest BCUT2D eigenvalue weighted by atomic mass is 10.1. The van der Waals surface area contributed by atoms with Gasteiger partial charge >= 0.3 is 18.0 Å². The molecule has 0 bridgehead atoms. The van der Waals surface area contributed by atoms with Gasteiger partial charge in [0.15, 0.2) is 5.57 Å². The Labute approximate surface area is 191 Å². The zero-order valence-electron chi connectivity index (χ0n) is 19.4. The Kier molecular flexibility index (Phi) is 6.85. The van der Waals surface area contributed by atoms with Crippen molar-refractivity contribution < 1.29 is 37.7 Å². The minimum atomic E-state index is -1.35. The van der Waals surface area contributed by atoms with Gasteiger partial charge in [-0.05, 0) is 32.9 Å². The number of ether oxygens (including phenoxy) is 4. The summed E-state index contributed by atoms with van der Waals surface area (Å²) in [6.45, 7) is 9.24. The number of hydrogen-bond donors (Lipinski definition) is 1. The Balaban J connectivity index is 1.65. The number of halogens is 1. The van der Waals surface area contributed by atoms with Crippen molar-refractivity contribution in [3.8, 4) is 5.75 Å². The number of hydrogen-bond acceptors (Lipinski definition) is 8. The zero-order valence-corrected chi connectivity index (χ0v) is 19.4. The first-order chi connectivity index (χ1) is 15.3. The summed E-state index contributed by atoms with van der Waals surface area (Å²) < 4.78 is 35.4. The average Bonchev–Trinajstić information content (AvgIpc) is 2.67. The second-order valence-electron chi connectivity index (χ2n) is 9.31. The van der Waals surface area contributed by atoms with Crippen LogP contribution in [-0.2, 0) is 23.8 Å². The molecule has 0 atom stereocenters. The highest BCUT2D eigenvalue weighted by atomic mass is 19.1. The Bertz CT molecular complexity index is 938. The first-order valence-corrected chi connectivity index (χ1v) is 10.7. The highest BCUT2D eigenvalue weighted by molar-refractivity contribution is 6.15. The summed E-state index contributed by atoms with van der Waals surface area (Å²) in [5, 5.41) is 2.74. The van der Waals surface area contributed by atoms with Crippen LogP contribution >= 0.6 is 0 Å². The van der Waals surface area contributed by atoms with Gasteiger partial charge in [-0.15, -0.1) is 0 Å². The molecule has 1 N–H and O–H groups in total. The first-order valence-electron chi connectivity index (χ1n) is 10.7. The van der Waals surface area contributed by atoms with E-state index in [0.717, 1.165) is 6.20 Å². The summed E-state index contributed by atoms with van der Waals surface area (Å²) in [5.74, 6) is -3.25. The molecule has 3 rings (SSSR count). The van der Waals surface area contributed by atoms with Gasteiger partial charge in [0.05, 0.1) is 5.69 Å². The first kappa shape index (κ1) is 24.3. The number of carbonyl (C=O) groups excluding carboxylic acids is 3. The van der Waals surface area contributed by atoms with E-state index in [0.29, 0.717) is 31.7 Å². The molecule has 180 valence electrons. The molecule has 9 nitrogen and oxygen atoms in total. The number of rotatable bonds is 4. The van der Waals surface area contributed by atoms with Gasteiger partial charge in [-0.3, -0.25) is 0 Å². The van der Waals surface area contributed by atoms with Gasteiger partial charge in [0.25, 0.3) is 5.79 Å². The van der Waals surface area contributed by atoms with E-state index in [9.17, 15) is 18.8 Å². The molecule has 1 aromatic rings. The van der Waals surface area contributed by atoms with Crippen LogP contribution in [0.25, 0.3) is 0 Å². The Morgan fingerprint density at radius 2 is 1.79 bits per heavy atom. The standard InChI is InChI=1S/C23H29FN2O7/c1-22(2,3)33-21(29)26-10-8-15(9-11-26)30-18-7-6-14(24)12-17(18)25-13-16-19(27)31-23(4,5)32-20(16)28/h6-7,12-13,15,25H,8-11H2,1-5H3. The Hall–Kier alpha value is -3.30. The van der Waals surface area contributed by atoms with E-state index in [-0.39, 0.29) is 23.5 Å². The van der Waals surface area contributed by atoms with Crippen LogP contribution in [-0.4, -0.2) is 53.5 Å². The Morgan fingerprint density at radius 3 is 2.36 bits per heavy atom. The summed E-state index contributed by atoms with van der Waals surface area (Å²) in [4.78, 5) is 38.1. The monoisotopic (exact) mass is 464 g/mol. The van der Waals surface area contributed by atoms with Crippen LogP contribution in [0.4, 0.5) is 14.9 Å². The number of likely N-dealkylation sites (tertiary alicyclic amines) is 1. The molecule has 1 amide bonds. The van der Waals surface area contributed by atoms with Crippen molar-refractivity contribution in [1.82, 2.24) is 4.90 Å². The molecule has 0 aromatic heterocycles. The van der Waals surface area contributed by atoms with Crippen molar-refractivity contribution >= 4 is 23.7 Å². The number of carbonyl (C=O) groups is 3. The van der Waals surface area contributed by atoms with Crippen LogP contribution in [0.3, 0.4) is 0 Å². The van der Waals surface area contributed by atoms with Crippen molar-refractivity contribution in [2.24, 2.45) is 0 Å². The number of anilines is 1. The molecule has 33 heavy (non-hydrogen) atoms. The van der Waals surface area contributed by atoms with Crippen LogP contribution in [0.5, 0.6) is 5.75 Å². The molecule has 2 saturated heterocycles. The number of nitrogens with zero attached hydrogens (tertiary/aromatic N) is 1. The summed E-state index contributed by atoms with van der Waals surface area (Å²) in [6.07, 6.45) is 1.64. The maximum Gasteiger partial charge on any atom is 0.410 e. The third-order valence-electron chi connectivity index (χ3n) is 4.82. The molecule has 2 aliphatic rings. The van der Waals surface area contributed by atoms with E-state index in [1.807, 2.05) is 20.8 Å². The smallest absolute Gasteiger partial charge is 0.410 e. The fourth-order valence-electron chi connectivity index (χ4n) is 3.31. The molecule has 1 aromatic carbocycles. The molecule has 2 aliphatic heterocycles. The van der Waals surface area contributed by atoms with Crippen molar-refractivity contribution in [1.29, 1.82) is 0 Å². The van der Waals surface area contributed by atoms with E-state index >= 15 is 0 Å². The third kappa shape index (κ3) is 6.59.